The maximum atomic E-state index is 12.9. The number of methoxy groups -OCH3 is 2. The van der Waals surface area contributed by atoms with Crippen molar-refractivity contribution in [3.8, 4) is 11.5 Å². The molecule has 0 saturated carbocycles. The summed E-state index contributed by atoms with van der Waals surface area (Å²) in [6, 6.07) is 8.08. The zero-order valence-electron chi connectivity index (χ0n) is 16.8. The van der Waals surface area contributed by atoms with E-state index in [-0.39, 0.29) is 10.3 Å². The highest BCUT2D eigenvalue weighted by Crippen LogP contribution is 2.33. The maximum absolute atomic E-state index is 12.9. The molecule has 0 saturated heterocycles. The molecule has 1 aromatic heterocycles. The monoisotopic (exact) mass is 404 g/mol. The molecule has 0 radical (unpaired) electrons. The quantitative estimate of drug-likeness (QED) is 0.684. The van der Waals surface area contributed by atoms with Crippen molar-refractivity contribution < 1.29 is 22.3 Å². The Balaban J connectivity index is 1.98. The Morgan fingerprint density at radius 3 is 2.29 bits per heavy atom. The molecule has 0 unspecified atom stereocenters. The lowest BCUT2D eigenvalue weighted by molar-refractivity contribution is 0.353. The summed E-state index contributed by atoms with van der Waals surface area (Å²) < 4.78 is 44.7. The summed E-state index contributed by atoms with van der Waals surface area (Å²) in [7, 11) is -0.872. The number of nitrogens with one attached hydrogen (secondary N) is 1. The molecule has 150 valence electrons. The molecule has 28 heavy (non-hydrogen) atoms. The molecule has 1 heterocycles. The van der Waals surface area contributed by atoms with Gasteiger partial charge in [-0.15, -0.1) is 0 Å². The Kier molecular flexibility index (Phi) is 5.01. The van der Waals surface area contributed by atoms with Gasteiger partial charge in [0, 0.05) is 11.5 Å². The summed E-state index contributed by atoms with van der Waals surface area (Å²) in [6.07, 6.45) is 0. The second kappa shape index (κ2) is 7.01. The van der Waals surface area contributed by atoms with Crippen LogP contribution in [0.15, 0.2) is 39.6 Å². The van der Waals surface area contributed by atoms with Crippen LogP contribution in [-0.2, 0) is 15.4 Å². The molecule has 0 amide bonds. The van der Waals surface area contributed by atoms with E-state index in [9.17, 15) is 8.42 Å². The van der Waals surface area contributed by atoms with Crippen LogP contribution in [-0.4, -0.2) is 27.6 Å². The number of benzene rings is 2. The molecule has 0 aliphatic rings. The predicted octanol–water partition coefficient (Wildman–Crippen LogP) is 4.25. The Bertz CT molecular complexity index is 1130. The van der Waals surface area contributed by atoms with Crippen molar-refractivity contribution in [1.29, 1.82) is 0 Å². The number of oxazole rings is 1. The van der Waals surface area contributed by atoms with E-state index < -0.39 is 10.0 Å². The van der Waals surface area contributed by atoms with Crippen molar-refractivity contribution >= 4 is 26.8 Å². The molecule has 3 rings (SSSR count). The highest BCUT2D eigenvalue weighted by Gasteiger charge is 2.23. The molecule has 2 aromatic carbocycles. The smallest absolute Gasteiger partial charge is 0.262 e. The van der Waals surface area contributed by atoms with Crippen LogP contribution >= 0.6 is 0 Å². The Hall–Kier alpha value is -2.74. The minimum atomic E-state index is -3.84. The standard InChI is InChI=1S/C20H24N2O5S/c1-12-9-16(25-5)17(26-6)11-18(12)28(23,24)22-13-7-8-15-14(10-13)21-19(27-15)20(2,3)4/h7-11,22H,1-6H3. The number of hydrogen-bond acceptors (Lipinski definition) is 6. The number of hydrogen-bond donors (Lipinski definition) is 1. The van der Waals surface area contributed by atoms with Crippen LogP contribution in [0.4, 0.5) is 5.69 Å². The summed E-state index contributed by atoms with van der Waals surface area (Å²) in [5.74, 6) is 1.41. The molecule has 0 atom stereocenters. The summed E-state index contributed by atoms with van der Waals surface area (Å²) >= 11 is 0. The second-order valence-corrected chi connectivity index (χ2v) is 9.18. The van der Waals surface area contributed by atoms with Crippen molar-refractivity contribution in [2.75, 3.05) is 18.9 Å². The number of aromatic nitrogens is 1. The van der Waals surface area contributed by atoms with Crippen LogP contribution in [0.25, 0.3) is 11.1 Å². The van der Waals surface area contributed by atoms with Gasteiger partial charge >= 0.3 is 0 Å². The van der Waals surface area contributed by atoms with Crippen molar-refractivity contribution in [1.82, 2.24) is 4.98 Å². The minimum absolute atomic E-state index is 0.112. The van der Waals surface area contributed by atoms with E-state index in [4.69, 9.17) is 13.9 Å². The third kappa shape index (κ3) is 3.77. The van der Waals surface area contributed by atoms with Crippen molar-refractivity contribution in [2.45, 2.75) is 38.0 Å². The van der Waals surface area contributed by atoms with E-state index in [1.165, 1.54) is 20.3 Å². The van der Waals surface area contributed by atoms with Gasteiger partial charge in [0.2, 0.25) is 5.89 Å². The molecule has 8 heteroatoms. The summed E-state index contributed by atoms with van der Waals surface area (Å²) in [6.45, 7) is 7.70. The van der Waals surface area contributed by atoms with Crippen molar-refractivity contribution in [3.05, 3.63) is 41.8 Å². The van der Waals surface area contributed by atoms with Crippen molar-refractivity contribution in [2.24, 2.45) is 0 Å². The van der Waals surface area contributed by atoms with Gasteiger partial charge in [-0.25, -0.2) is 13.4 Å². The van der Waals surface area contributed by atoms with Gasteiger partial charge in [-0.2, -0.15) is 0 Å². The van der Waals surface area contributed by atoms with Crippen LogP contribution in [0.3, 0.4) is 0 Å². The molecular weight excluding hydrogens is 380 g/mol. The number of rotatable bonds is 5. The number of fused-ring (bicyclic) bond motifs is 1. The predicted molar refractivity (Wildman–Crippen MR) is 108 cm³/mol. The molecule has 0 fully saturated rings. The van der Waals surface area contributed by atoms with Gasteiger partial charge in [-0.3, -0.25) is 4.72 Å². The average Bonchev–Trinajstić information content (AvgIpc) is 3.04. The van der Waals surface area contributed by atoms with Gasteiger partial charge in [0.25, 0.3) is 10.0 Å². The van der Waals surface area contributed by atoms with E-state index in [0.29, 0.717) is 39.7 Å². The third-order valence-corrected chi connectivity index (χ3v) is 5.78. The highest BCUT2D eigenvalue weighted by atomic mass is 32.2. The molecule has 0 bridgehead atoms. The molecule has 0 aliphatic carbocycles. The fourth-order valence-electron chi connectivity index (χ4n) is 2.77. The zero-order chi connectivity index (χ0) is 20.7. The van der Waals surface area contributed by atoms with Crippen LogP contribution in [0.5, 0.6) is 11.5 Å². The van der Waals surface area contributed by atoms with Crippen LogP contribution in [0.2, 0.25) is 0 Å². The lowest BCUT2D eigenvalue weighted by Gasteiger charge is -2.14. The van der Waals surface area contributed by atoms with E-state index in [0.717, 1.165) is 0 Å². The number of nitrogens with zero attached hydrogens (tertiary/aromatic N) is 1. The van der Waals surface area contributed by atoms with Gasteiger partial charge in [-0.05, 0) is 36.8 Å². The van der Waals surface area contributed by atoms with E-state index in [1.54, 1.807) is 31.2 Å². The first-order chi connectivity index (χ1) is 13.0. The number of ether oxygens (including phenoxy) is 2. The maximum Gasteiger partial charge on any atom is 0.262 e. The second-order valence-electron chi connectivity index (χ2n) is 7.53. The first-order valence-electron chi connectivity index (χ1n) is 8.71. The van der Waals surface area contributed by atoms with E-state index in [1.807, 2.05) is 20.8 Å². The molecule has 1 N–H and O–H groups in total. The van der Waals surface area contributed by atoms with Crippen LogP contribution in [0, 0.1) is 6.92 Å². The number of anilines is 1. The summed E-state index contributed by atoms with van der Waals surface area (Å²) in [5, 5.41) is 0. The molecule has 0 aliphatic heterocycles. The Morgan fingerprint density at radius 2 is 1.68 bits per heavy atom. The van der Waals surface area contributed by atoms with Gasteiger partial charge in [-0.1, -0.05) is 20.8 Å². The van der Waals surface area contributed by atoms with Gasteiger partial charge < -0.3 is 13.9 Å². The lowest BCUT2D eigenvalue weighted by Crippen LogP contribution is -2.14. The fourth-order valence-corrected chi connectivity index (χ4v) is 4.07. The number of sulfonamides is 1. The Morgan fingerprint density at radius 1 is 1.04 bits per heavy atom. The summed E-state index contributed by atoms with van der Waals surface area (Å²) in [4.78, 5) is 4.59. The normalized spacial score (nSPS) is 12.2. The average molecular weight is 404 g/mol. The highest BCUT2D eigenvalue weighted by molar-refractivity contribution is 7.92. The SMILES string of the molecule is COc1cc(C)c(S(=O)(=O)Nc2ccc3oc(C(C)(C)C)nc3c2)cc1OC. The van der Waals surface area contributed by atoms with E-state index in [2.05, 4.69) is 9.71 Å². The van der Waals surface area contributed by atoms with Crippen LogP contribution < -0.4 is 14.2 Å². The molecular formula is C20H24N2O5S. The largest absolute Gasteiger partial charge is 0.493 e. The fraction of sp³-hybridized carbons (Fsp3) is 0.350. The third-order valence-electron chi connectivity index (χ3n) is 4.25. The van der Waals surface area contributed by atoms with Gasteiger partial charge in [0.1, 0.15) is 5.52 Å². The molecule has 3 aromatic rings. The molecule has 7 nitrogen and oxygen atoms in total. The van der Waals surface area contributed by atoms with Crippen molar-refractivity contribution in [3.63, 3.8) is 0 Å². The minimum Gasteiger partial charge on any atom is -0.493 e. The van der Waals surface area contributed by atoms with Crippen LogP contribution in [0.1, 0.15) is 32.2 Å². The Labute approximate surface area is 164 Å². The first kappa shape index (κ1) is 20.0. The first-order valence-corrected chi connectivity index (χ1v) is 10.2. The molecule has 0 spiro atoms. The lowest BCUT2D eigenvalue weighted by atomic mass is 9.97. The summed E-state index contributed by atoms with van der Waals surface area (Å²) in [5.41, 5.74) is 1.90. The van der Waals surface area contributed by atoms with E-state index >= 15 is 0 Å². The van der Waals surface area contributed by atoms with Gasteiger partial charge in [0.05, 0.1) is 24.8 Å². The number of aryl methyl sites for hydroxylation is 1. The van der Waals surface area contributed by atoms with Gasteiger partial charge in [0.15, 0.2) is 17.1 Å². The topological polar surface area (TPSA) is 90.7 Å². The zero-order valence-corrected chi connectivity index (χ0v) is 17.6.